The van der Waals surface area contributed by atoms with Crippen LogP contribution in [0.3, 0.4) is 0 Å². The van der Waals surface area contributed by atoms with Crippen molar-refractivity contribution < 1.29 is 14.6 Å². The van der Waals surface area contributed by atoms with Crippen molar-refractivity contribution in [2.45, 2.75) is 25.8 Å². The van der Waals surface area contributed by atoms with Crippen LogP contribution in [-0.2, 0) is 0 Å². The first-order valence-electron chi connectivity index (χ1n) is 7.73. The lowest BCUT2D eigenvalue weighted by atomic mass is 10.2. The van der Waals surface area contributed by atoms with Gasteiger partial charge in [0.15, 0.2) is 5.75 Å². The molecule has 2 aromatic rings. The van der Waals surface area contributed by atoms with E-state index in [1.54, 1.807) is 12.1 Å². The van der Waals surface area contributed by atoms with E-state index in [-0.39, 0.29) is 18.7 Å². The molecule has 23 heavy (non-hydrogen) atoms. The highest BCUT2D eigenvalue weighted by molar-refractivity contribution is 5.91. The molecule has 2 rings (SSSR count). The Bertz CT molecular complexity index is 617. The molecule has 0 heterocycles. The Kier molecular flexibility index (Phi) is 6.44. The second kappa shape index (κ2) is 8.80. The maximum absolute atomic E-state index is 12.1. The lowest BCUT2D eigenvalue weighted by molar-refractivity contribution is 0.237. The number of anilines is 1. The van der Waals surface area contributed by atoms with Crippen LogP contribution in [0.4, 0.5) is 10.5 Å². The zero-order valence-corrected chi connectivity index (χ0v) is 13.2. The van der Waals surface area contributed by atoms with E-state index in [1.807, 2.05) is 49.4 Å². The third-order valence-electron chi connectivity index (χ3n) is 3.41. The van der Waals surface area contributed by atoms with E-state index in [4.69, 9.17) is 9.84 Å². The Morgan fingerprint density at radius 3 is 2.52 bits per heavy atom. The molecule has 0 fully saturated rings. The number of nitrogens with one attached hydrogen (secondary N) is 2. The SMILES string of the molecule is CCC(CCO)NC(=O)Nc1ccccc1Oc1ccccc1. The minimum Gasteiger partial charge on any atom is -0.455 e. The largest absolute Gasteiger partial charge is 0.455 e. The number of hydrogen-bond acceptors (Lipinski definition) is 3. The summed E-state index contributed by atoms with van der Waals surface area (Å²) in [6.07, 6.45) is 1.29. The lowest BCUT2D eigenvalue weighted by Crippen LogP contribution is -2.38. The molecule has 0 radical (unpaired) electrons. The molecule has 2 aromatic carbocycles. The monoisotopic (exact) mass is 314 g/mol. The Hall–Kier alpha value is -2.53. The number of carbonyl (C=O) groups is 1. The topological polar surface area (TPSA) is 70.6 Å². The molecule has 0 saturated heterocycles. The van der Waals surface area contributed by atoms with Gasteiger partial charge in [0.1, 0.15) is 5.75 Å². The number of hydrogen-bond donors (Lipinski definition) is 3. The second-order valence-corrected chi connectivity index (χ2v) is 5.13. The molecule has 1 atom stereocenters. The summed E-state index contributed by atoms with van der Waals surface area (Å²) < 4.78 is 5.81. The number of urea groups is 1. The summed E-state index contributed by atoms with van der Waals surface area (Å²) in [5.74, 6) is 1.28. The molecule has 122 valence electrons. The Morgan fingerprint density at radius 1 is 1.13 bits per heavy atom. The average Bonchev–Trinajstić information content (AvgIpc) is 2.57. The number of para-hydroxylation sites is 3. The van der Waals surface area contributed by atoms with Crippen LogP contribution >= 0.6 is 0 Å². The summed E-state index contributed by atoms with van der Waals surface area (Å²) >= 11 is 0. The van der Waals surface area contributed by atoms with Gasteiger partial charge in [-0.1, -0.05) is 37.3 Å². The van der Waals surface area contributed by atoms with Crippen molar-refractivity contribution in [1.82, 2.24) is 5.32 Å². The Labute approximate surface area is 136 Å². The van der Waals surface area contributed by atoms with Crippen LogP contribution in [0.1, 0.15) is 19.8 Å². The zero-order chi connectivity index (χ0) is 16.5. The normalized spacial score (nSPS) is 11.6. The van der Waals surface area contributed by atoms with Gasteiger partial charge in [-0.15, -0.1) is 0 Å². The molecule has 0 spiro atoms. The maximum atomic E-state index is 12.1. The predicted molar refractivity (Wildman–Crippen MR) is 90.9 cm³/mol. The van der Waals surface area contributed by atoms with E-state index in [9.17, 15) is 4.79 Å². The van der Waals surface area contributed by atoms with E-state index in [0.29, 0.717) is 23.6 Å². The lowest BCUT2D eigenvalue weighted by Gasteiger charge is -2.17. The number of amides is 2. The van der Waals surface area contributed by atoms with Gasteiger partial charge in [-0.05, 0) is 37.1 Å². The second-order valence-electron chi connectivity index (χ2n) is 5.13. The first-order chi connectivity index (χ1) is 11.2. The van der Waals surface area contributed by atoms with Gasteiger partial charge in [-0.3, -0.25) is 0 Å². The van der Waals surface area contributed by atoms with Gasteiger partial charge in [0.05, 0.1) is 5.69 Å². The highest BCUT2D eigenvalue weighted by Gasteiger charge is 2.12. The molecule has 0 aliphatic rings. The van der Waals surface area contributed by atoms with Gasteiger partial charge in [-0.25, -0.2) is 4.79 Å². The van der Waals surface area contributed by atoms with Crippen molar-refractivity contribution in [3.05, 3.63) is 54.6 Å². The number of aliphatic hydroxyl groups excluding tert-OH is 1. The van der Waals surface area contributed by atoms with Crippen molar-refractivity contribution in [1.29, 1.82) is 0 Å². The Balaban J connectivity index is 2.04. The summed E-state index contributed by atoms with van der Waals surface area (Å²) in [5.41, 5.74) is 0.590. The summed E-state index contributed by atoms with van der Waals surface area (Å²) in [4.78, 5) is 12.1. The summed E-state index contributed by atoms with van der Waals surface area (Å²) in [6, 6.07) is 16.3. The molecule has 5 heteroatoms. The van der Waals surface area contributed by atoms with Crippen LogP contribution in [0.5, 0.6) is 11.5 Å². The van der Waals surface area contributed by atoms with Crippen LogP contribution < -0.4 is 15.4 Å². The van der Waals surface area contributed by atoms with Crippen LogP contribution in [0.25, 0.3) is 0 Å². The van der Waals surface area contributed by atoms with Gasteiger partial charge in [0.25, 0.3) is 0 Å². The number of rotatable bonds is 7. The highest BCUT2D eigenvalue weighted by atomic mass is 16.5. The standard InChI is InChI=1S/C18H22N2O3/c1-2-14(12-13-21)19-18(22)20-16-10-6-7-11-17(16)23-15-8-4-3-5-9-15/h3-11,14,21H,2,12-13H2,1H3,(H2,19,20,22). The molecule has 0 saturated carbocycles. The minimum atomic E-state index is -0.311. The quantitative estimate of drug-likeness (QED) is 0.728. The number of benzene rings is 2. The van der Waals surface area contributed by atoms with Gasteiger partial charge in [-0.2, -0.15) is 0 Å². The molecule has 0 aliphatic heterocycles. The van der Waals surface area contributed by atoms with E-state index in [0.717, 1.165) is 6.42 Å². The van der Waals surface area contributed by atoms with E-state index in [2.05, 4.69) is 10.6 Å². The molecule has 1 unspecified atom stereocenters. The molecule has 0 bridgehead atoms. The summed E-state index contributed by atoms with van der Waals surface area (Å²) in [6.45, 7) is 2.01. The van der Waals surface area contributed by atoms with Gasteiger partial charge in [0.2, 0.25) is 0 Å². The summed E-state index contributed by atoms with van der Waals surface area (Å²) in [5, 5.41) is 14.6. The van der Waals surface area contributed by atoms with Crippen molar-refractivity contribution in [2.24, 2.45) is 0 Å². The van der Waals surface area contributed by atoms with E-state index in [1.165, 1.54) is 0 Å². The molecular weight excluding hydrogens is 292 g/mol. The first kappa shape index (κ1) is 16.8. The molecule has 2 amide bonds. The van der Waals surface area contributed by atoms with Crippen LogP contribution in [-0.4, -0.2) is 23.8 Å². The van der Waals surface area contributed by atoms with Crippen LogP contribution in [0.2, 0.25) is 0 Å². The third-order valence-corrected chi connectivity index (χ3v) is 3.41. The van der Waals surface area contributed by atoms with Crippen LogP contribution in [0.15, 0.2) is 54.6 Å². The zero-order valence-electron chi connectivity index (χ0n) is 13.2. The predicted octanol–water partition coefficient (Wildman–Crippen LogP) is 3.76. The van der Waals surface area contributed by atoms with Crippen molar-refractivity contribution in [3.8, 4) is 11.5 Å². The fourth-order valence-corrected chi connectivity index (χ4v) is 2.15. The molecule has 3 N–H and O–H groups in total. The minimum absolute atomic E-state index is 0.0481. The molecule has 0 aliphatic carbocycles. The number of carbonyl (C=O) groups excluding carboxylic acids is 1. The first-order valence-corrected chi connectivity index (χ1v) is 7.73. The van der Waals surface area contributed by atoms with Crippen molar-refractivity contribution in [2.75, 3.05) is 11.9 Å². The third kappa shape index (κ3) is 5.30. The highest BCUT2D eigenvalue weighted by Crippen LogP contribution is 2.28. The molecule has 0 aromatic heterocycles. The van der Waals surface area contributed by atoms with Gasteiger partial charge < -0.3 is 20.5 Å². The van der Waals surface area contributed by atoms with E-state index >= 15 is 0 Å². The van der Waals surface area contributed by atoms with Crippen molar-refractivity contribution in [3.63, 3.8) is 0 Å². The molecular formula is C18H22N2O3. The van der Waals surface area contributed by atoms with E-state index < -0.39 is 0 Å². The number of aliphatic hydroxyl groups is 1. The van der Waals surface area contributed by atoms with Crippen molar-refractivity contribution >= 4 is 11.7 Å². The molecule has 5 nitrogen and oxygen atoms in total. The smallest absolute Gasteiger partial charge is 0.319 e. The fraction of sp³-hybridized carbons (Fsp3) is 0.278. The number of ether oxygens (including phenoxy) is 1. The average molecular weight is 314 g/mol. The Morgan fingerprint density at radius 2 is 1.83 bits per heavy atom. The summed E-state index contributed by atoms with van der Waals surface area (Å²) in [7, 11) is 0. The fourth-order valence-electron chi connectivity index (χ4n) is 2.15. The maximum Gasteiger partial charge on any atom is 0.319 e. The van der Waals surface area contributed by atoms with Crippen LogP contribution in [0, 0.1) is 0 Å². The van der Waals surface area contributed by atoms with Gasteiger partial charge >= 0.3 is 6.03 Å². The van der Waals surface area contributed by atoms with Gasteiger partial charge in [0, 0.05) is 12.6 Å².